The van der Waals surface area contributed by atoms with E-state index in [0.29, 0.717) is 39.5 Å². The molecule has 2 amide bonds. The van der Waals surface area contributed by atoms with E-state index < -0.39 is 0 Å². The number of para-hydroxylation sites is 2. The Morgan fingerprint density at radius 2 is 1.10 bits per heavy atom. The van der Waals surface area contributed by atoms with E-state index in [1.165, 1.54) is 0 Å². The average Bonchev–Trinajstić information content (AvgIpc) is 3.34. The van der Waals surface area contributed by atoms with Crippen LogP contribution in [0.4, 0.5) is 21.0 Å². The zero-order valence-electron chi connectivity index (χ0n) is 16.5. The molecule has 0 radical (unpaired) electrons. The maximum Gasteiger partial charge on any atom is 0.414 e. The van der Waals surface area contributed by atoms with Crippen molar-refractivity contribution in [3.63, 3.8) is 0 Å². The Balaban J connectivity index is 1.11. The molecule has 4 rings (SSSR count). The second kappa shape index (κ2) is 9.60. The van der Waals surface area contributed by atoms with Crippen LogP contribution in [-0.4, -0.2) is 63.9 Å². The van der Waals surface area contributed by atoms with Gasteiger partial charge in [0, 0.05) is 11.4 Å². The quantitative estimate of drug-likeness (QED) is 0.589. The summed E-state index contributed by atoms with van der Waals surface area (Å²) in [6.45, 7) is 2.25. The number of anilines is 2. The summed E-state index contributed by atoms with van der Waals surface area (Å²) in [7, 11) is 0. The average molecular weight is 412 g/mol. The van der Waals surface area contributed by atoms with Crippen molar-refractivity contribution in [2.24, 2.45) is 0 Å². The predicted molar refractivity (Wildman–Crippen MR) is 110 cm³/mol. The summed E-state index contributed by atoms with van der Waals surface area (Å²) in [5, 5.41) is 0. The molecule has 8 nitrogen and oxygen atoms in total. The second-order valence-electron chi connectivity index (χ2n) is 7.05. The first-order valence-electron chi connectivity index (χ1n) is 9.92. The van der Waals surface area contributed by atoms with Crippen LogP contribution in [0.2, 0.25) is 0 Å². The number of hydrogen-bond acceptors (Lipinski definition) is 6. The van der Waals surface area contributed by atoms with Crippen LogP contribution in [0.3, 0.4) is 0 Å². The highest BCUT2D eigenvalue weighted by Gasteiger charge is 2.33. The lowest BCUT2D eigenvalue weighted by atomic mass is 10.3. The van der Waals surface area contributed by atoms with Gasteiger partial charge < -0.3 is 18.9 Å². The van der Waals surface area contributed by atoms with Crippen molar-refractivity contribution in [2.75, 3.05) is 49.3 Å². The van der Waals surface area contributed by atoms with Gasteiger partial charge in [-0.3, -0.25) is 9.80 Å². The number of ether oxygens (including phenoxy) is 4. The standard InChI is InChI=1S/C22H24N2O6/c25-21-23(17-7-3-1-4-8-17)13-19(29-21)15-27-11-12-28-16-20-14-24(22(26)30-20)18-9-5-2-6-10-18/h1-10,19-20H,11-16H2. The molecular formula is C22H24N2O6. The molecule has 0 spiro atoms. The molecule has 0 bridgehead atoms. The molecule has 2 saturated heterocycles. The number of cyclic esters (lactones) is 2. The van der Waals surface area contributed by atoms with Crippen LogP contribution in [0.5, 0.6) is 0 Å². The lowest BCUT2D eigenvalue weighted by Gasteiger charge is -2.13. The second-order valence-corrected chi connectivity index (χ2v) is 7.05. The molecule has 2 unspecified atom stereocenters. The van der Waals surface area contributed by atoms with E-state index in [0.717, 1.165) is 11.4 Å². The minimum Gasteiger partial charge on any atom is -0.441 e. The van der Waals surface area contributed by atoms with E-state index in [9.17, 15) is 9.59 Å². The highest BCUT2D eigenvalue weighted by atomic mass is 16.6. The Labute approximate surface area is 174 Å². The van der Waals surface area contributed by atoms with Gasteiger partial charge in [0.1, 0.15) is 12.2 Å². The van der Waals surface area contributed by atoms with Gasteiger partial charge in [0.05, 0.1) is 39.5 Å². The highest BCUT2D eigenvalue weighted by Crippen LogP contribution is 2.22. The van der Waals surface area contributed by atoms with Gasteiger partial charge in [-0.05, 0) is 24.3 Å². The van der Waals surface area contributed by atoms with Crippen LogP contribution in [-0.2, 0) is 18.9 Å². The van der Waals surface area contributed by atoms with Gasteiger partial charge in [-0.25, -0.2) is 9.59 Å². The van der Waals surface area contributed by atoms with Crippen molar-refractivity contribution in [3.8, 4) is 0 Å². The van der Waals surface area contributed by atoms with Crippen molar-refractivity contribution in [3.05, 3.63) is 60.7 Å². The molecule has 2 fully saturated rings. The van der Waals surface area contributed by atoms with Crippen molar-refractivity contribution in [1.29, 1.82) is 0 Å². The van der Waals surface area contributed by atoms with Crippen molar-refractivity contribution in [1.82, 2.24) is 0 Å². The number of nitrogens with zero attached hydrogens (tertiary/aromatic N) is 2. The zero-order chi connectivity index (χ0) is 20.8. The van der Waals surface area contributed by atoms with Crippen LogP contribution in [0.15, 0.2) is 60.7 Å². The van der Waals surface area contributed by atoms with E-state index in [1.807, 2.05) is 60.7 Å². The molecule has 2 aromatic rings. The van der Waals surface area contributed by atoms with E-state index >= 15 is 0 Å². The smallest absolute Gasteiger partial charge is 0.414 e. The summed E-state index contributed by atoms with van der Waals surface area (Å²) in [5.74, 6) is 0. The Kier molecular flexibility index (Phi) is 6.46. The number of carbonyl (C=O) groups excluding carboxylic acids is 2. The van der Waals surface area contributed by atoms with E-state index in [1.54, 1.807) is 9.80 Å². The van der Waals surface area contributed by atoms with Gasteiger partial charge in [0.2, 0.25) is 0 Å². The van der Waals surface area contributed by atoms with Gasteiger partial charge in [-0.2, -0.15) is 0 Å². The van der Waals surface area contributed by atoms with Crippen LogP contribution >= 0.6 is 0 Å². The van der Waals surface area contributed by atoms with Crippen LogP contribution in [0.25, 0.3) is 0 Å². The number of rotatable bonds is 9. The summed E-state index contributed by atoms with van der Waals surface area (Å²) in [4.78, 5) is 27.2. The van der Waals surface area contributed by atoms with Gasteiger partial charge >= 0.3 is 12.2 Å². The molecule has 158 valence electrons. The van der Waals surface area contributed by atoms with Crippen molar-refractivity contribution in [2.45, 2.75) is 12.2 Å². The van der Waals surface area contributed by atoms with Crippen LogP contribution in [0, 0.1) is 0 Å². The Morgan fingerprint density at radius 1 is 0.700 bits per heavy atom. The molecule has 0 aliphatic carbocycles. The van der Waals surface area contributed by atoms with Gasteiger partial charge in [0.25, 0.3) is 0 Å². The zero-order valence-corrected chi connectivity index (χ0v) is 16.5. The summed E-state index contributed by atoms with van der Waals surface area (Å²) >= 11 is 0. The first-order chi connectivity index (χ1) is 14.7. The monoisotopic (exact) mass is 412 g/mol. The fraction of sp³-hybridized carbons (Fsp3) is 0.364. The molecule has 0 N–H and O–H groups in total. The van der Waals surface area contributed by atoms with Gasteiger partial charge in [0.15, 0.2) is 0 Å². The molecule has 8 heteroatoms. The Hall–Kier alpha value is -3.10. The van der Waals surface area contributed by atoms with E-state index in [-0.39, 0.29) is 24.4 Å². The fourth-order valence-corrected chi connectivity index (χ4v) is 3.40. The molecule has 0 aromatic heterocycles. The minimum atomic E-state index is -0.364. The summed E-state index contributed by atoms with van der Waals surface area (Å²) in [6.07, 6.45) is -1.35. The van der Waals surface area contributed by atoms with Crippen molar-refractivity contribution >= 4 is 23.6 Å². The number of carbonyl (C=O) groups is 2. The Bertz CT molecular complexity index is 776. The molecular weight excluding hydrogens is 388 g/mol. The molecule has 2 atom stereocenters. The first kappa shape index (κ1) is 20.2. The lowest BCUT2D eigenvalue weighted by molar-refractivity contribution is -0.00734. The van der Waals surface area contributed by atoms with E-state index in [2.05, 4.69) is 0 Å². The lowest BCUT2D eigenvalue weighted by Crippen LogP contribution is -2.27. The first-order valence-corrected chi connectivity index (χ1v) is 9.92. The largest absolute Gasteiger partial charge is 0.441 e. The van der Waals surface area contributed by atoms with E-state index in [4.69, 9.17) is 18.9 Å². The summed E-state index contributed by atoms with van der Waals surface area (Å²) in [5.41, 5.74) is 1.62. The van der Waals surface area contributed by atoms with Gasteiger partial charge in [-0.1, -0.05) is 36.4 Å². The summed E-state index contributed by atoms with van der Waals surface area (Å²) in [6, 6.07) is 18.8. The highest BCUT2D eigenvalue weighted by molar-refractivity contribution is 5.90. The normalized spacial score (nSPS) is 21.1. The maximum atomic E-state index is 12.0. The molecule has 2 aliphatic rings. The molecule has 2 aromatic carbocycles. The third-order valence-corrected chi connectivity index (χ3v) is 4.86. The third-order valence-electron chi connectivity index (χ3n) is 4.86. The van der Waals surface area contributed by atoms with Crippen LogP contribution < -0.4 is 9.80 Å². The maximum absolute atomic E-state index is 12.0. The summed E-state index contributed by atoms with van der Waals surface area (Å²) < 4.78 is 21.8. The van der Waals surface area contributed by atoms with Gasteiger partial charge in [-0.15, -0.1) is 0 Å². The SMILES string of the molecule is O=C1OC(COCCOCC2CN(c3ccccc3)C(=O)O2)CN1c1ccccc1. The minimum absolute atomic E-state index is 0.304. The molecule has 2 heterocycles. The number of benzene rings is 2. The topological polar surface area (TPSA) is 77.5 Å². The third kappa shape index (κ3) is 4.90. The predicted octanol–water partition coefficient (Wildman–Crippen LogP) is 3.07. The number of hydrogen-bond donors (Lipinski definition) is 0. The van der Waals surface area contributed by atoms with Crippen LogP contribution in [0.1, 0.15) is 0 Å². The fourth-order valence-electron chi connectivity index (χ4n) is 3.40. The molecule has 2 aliphatic heterocycles. The number of amides is 2. The Morgan fingerprint density at radius 3 is 1.50 bits per heavy atom. The molecule has 30 heavy (non-hydrogen) atoms. The molecule has 0 saturated carbocycles. The van der Waals surface area contributed by atoms with Crippen molar-refractivity contribution < 1.29 is 28.5 Å².